The van der Waals surface area contributed by atoms with Crippen LogP contribution in [0.1, 0.15) is 16.1 Å². The highest BCUT2D eigenvalue weighted by Gasteiger charge is 2.31. The summed E-state index contributed by atoms with van der Waals surface area (Å²) >= 11 is 0. The van der Waals surface area contributed by atoms with Crippen LogP contribution in [-0.4, -0.2) is 24.5 Å². The molecule has 1 heterocycles. The average molecular weight is 392 g/mol. The quantitative estimate of drug-likeness (QED) is 0.681. The van der Waals surface area contributed by atoms with Crippen molar-refractivity contribution in [3.63, 3.8) is 0 Å². The van der Waals surface area contributed by atoms with Crippen LogP contribution in [0.25, 0.3) is 11.3 Å². The predicted molar refractivity (Wildman–Crippen MR) is 92.8 cm³/mol. The van der Waals surface area contributed by atoms with Gasteiger partial charge >= 0.3 is 6.36 Å². The number of nitrogens with zero attached hydrogens (tertiary/aromatic N) is 1. The number of halogens is 3. The summed E-state index contributed by atoms with van der Waals surface area (Å²) in [6.45, 7) is 0.0722. The summed E-state index contributed by atoms with van der Waals surface area (Å²) < 4.78 is 50.5. The number of hydrogen-bond acceptors (Lipinski definition) is 5. The summed E-state index contributed by atoms with van der Waals surface area (Å²) in [5.41, 5.74) is 1.60. The van der Waals surface area contributed by atoms with Crippen LogP contribution >= 0.6 is 0 Å². The van der Waals surface area contributed by atoms with Gasteiger partial charge in [0.15, 0.2) is 5.76 Å². The molecule has 0 aliphatic rings. The standard InChI is InChI=1S/C19H15F3N2O4/c1-26-14-6-2-12(3-7-14)17-10-16(28-24-17)11-23-18(25)13-4-8-15(9-5-13)27-19(20,21)22/h2-10H,11H2,1H3,(H,23,25). The van der Waals surface area contributed by atoms with Crippen LogP contribution in [0.15, 0.2) is 59.1 Å². The van der Waals surface area contributed by atoms with E-state index >= 15 is 0 Å². The molecule has 0 unspecified atom stereocenters. The molecule has 0 bridgehead atoms. The highest BCUT2D eigenvalue weighted by atomic mass is 19.4. The first-order valence-electron chi connectivity index (χ1n) is 8.08. The van der Waals surface area contributed by atoms with E-state index in [2.05, 4.69) is 15.2 Å². The maximum Gasteiger partial charge on any atom is 0.573 e. The van der Waals surface area contributed by atoms with Gasteiger partial charge in [0.05, 0.1) is 13.7 Å². The zero-order valence-corrected chi connectivity index (χ0v) is 14.6. The molecule has 0 saturated carbocycles. The molecule has 28 heavy (non-hydrogen) atoms. The van der Waals surface area contributed by atoms with Gasteiger partial charge in [-0.25, -0.2) is 0 Å². The minimum Gasteiger partial charge on any atom is -0.497 e. The lowest BCUT2D eigenvalue weighted by Gasteiger charge is -2.09. The van der Waals surface area contributed by atoms with Crippen molar-refractivity contribution in [2.45, 2.75) is 12.9 Å². The molecule has 1 aromatic heterocycles. The molecule has 0 spiro atoms. The van der Waals surface area contributed by atoms with Gasteiger partial charge in [-0.2, -0.15) is 0 Å². The molecule has 1 amide bonds. The number of aromatic nitrogens is 1. The van der Waals surface area contributed by atoms with Gasteiger partial charge in [0.1, 0.15) is 17.2 Å². The van der Waals surface area contributed by atoms with Gasteiger partial charge in [-0.15, -0.1) is 13.2 Å². The van der Waals surface area contributed by atoms with Gasteiger partial charge < -0.3 is 19.3 Å². The first kappa shape index (κ1) is 19.3. The summed E-state index contributed by atoms with van der Waals surface area (Å²) in [4.78, 5) is 12.1. The third-order valence-corrected chi connectivity index (χ3v) is 3.72. The van der Waals surface area contributed by atoms with Crippen LogP contribution in [0.3, 0.4) is 0 Å². The third kappa shape index (κ3) is 5.03. The second-order valence-corrected chi connectivity index (χ2v) is 5.66. The Morgan fingerprint density at radius 2 is 1.71 bits per heavy atom. The Morgan fingerprint density at radius 1 is 1.07 bits per heavy atom. The second kappa shape index (κ2) is 8.03. The van der Waals surface area contributed by atoms with Gasteiger partial charge in [0, 0.05) is 17.2 Å². The Bertz CT molecular complexity index is 935. The zero-order valence-electron chi connectivity index (χ0n) is 14.6. The van der Waals surface area contributed by atoms with Crippen molar-refractivity contribution in [1.29, 1.82) is 0 Å². The number of alkyl halides is 3. The molecule has 2 aromatic carbocycles. The molecule has 0 saturated heterocycles. The first-order valence-corrected chi connectivity index (χ1v) is 8.08. The topological polar surface area (TPSA) is 73.6 Å². The number of carbonyl (C=O) groups excluding carboxylic acids is 1. The summed E-state index contributed by atoms with van der Waals surface area (Å²) in [7, 11) is 1.57. The molecular weight excluding hydrogens is 377 g/mol. The summed E-state index contributed by atoms with van der Waals surface area (Å²) in [6, 6.07) is 13.5. The van der Waals surface area contributed by atoms with Gasteiger partial charge in [-0.3, -0.25) is 4.79 Å². The normalized spacial score (nSPS) is 11.1. The fraction of sp³-hybridized carbons (Fsp3) is 0.158. The number of amides is 1. The second-order valence-electron chi connectivity index (χ2n) is 5.66. The van der Waals surface area contributed by atoms with Crippen molar-refractivity contribution in [1.82, 2.24) is 10.5 Å². The van der Waals surface area contributed by atoms with E-state index in [1.807, 2.05) is 12.1 Å². The van der Waals surface area contributed by atoms with Crippen molar-refractivity contribution in [3.8, 4) is 22.8 Å². The lowest BCUT2D eigenvalue weighted by molar-refractivity contribution is -0.274. The molecule has 9 heteroatoms. The Hall–Kier alpha value is -3.49. The van der Waals surface area contributed by atoms with Gasteiger partial charge in [-0.1, -0.05) is 5.16 Å². The van der Waals surface area contributed by atoms with Crippen molar-refractivity contribution < 1.29 is 32.0 Å². The van der Waals surface area contributed by atoms with Crippen LogP contribution in [0.4, 0.5) is 13.2 Å². The summed E-state index contributed by atoms with van der Waals surface area (Å²) in [5.74, 6) is 0.270. The highest BCUT2D eigenvalue weighted by Crippen LogP contribution is 2.23. The maximum absolute atomic E-state index is 12.1. The molecule has 6 nitrogen and oxygen atoms in total. The van der Waals surface area contributed by atoms with E-state index in [0.717, 1.165) is 17.7 Å². The zero-order chi connectivity index (χ0) is 20.1. The highest BCUT2D eigenvalue weighted by molar-refractivity contribution is 5.94. The van der Waals surface area contributed by atoms with Gasteiger partial charge in [-0.05, 0) is 48.5 Å². The number of hydrogen-bond donors (Lipinski definition) is 1. The van der Waals surface area contributed by atoms with Crippen LogP contribution in [-0.2, 0) is 6.54 Å². The van der Waals surface area contributed by atoms with Crippen molar-refractivity contribution >= 4 is 5.91 Å². The Kier molecular flexibility index (Phi) is 5.53. The van der Waals surface area contributed by atoms with E-state index < -0.39 is 18.0 Å². The Balaban J connectivity index is 1.58. The Morgan fingerprint density at radius 3 is 2.32 bits per heavy atom. The van der Waals surface area contributed by atoms with E-state index in [0.29, 0.717) is 17.2 Å². The molecule has 1 N–H and O–H groups in total. The minimum absolute atomic E-state index is 0.0722. The van der Waals surface area contributed by atoms with Crippen molar-refractivity contribution in [3.05, 3.63) is 65.9 Å². The van der Waals surface area contributed by atoms with E-state index in [4.69, 9.17) is 9.26 Å². The summed E-state index contributed by atoms with van der Waals surface area (Å²) in [6.07, 6.45) is -4.78. The third-order valence-electron chi connectivity index (χ3n) is 3.72. The van der Waals surface area contributed by atoms with E-state index in [9.17, 15) is 18.0 Å². The van der Waals surface area contributed by atoms with E-state index in [1.165, 1.54) is 12.1 Å². The van der Waals surface area contributed by atoms with Crippen molar-refractivity contribution in [2.75, 3.05) is 7.11 Å². The Labute approximate surface area is 157 Å². The fourth-order valence-electron chi connectivity index (χ4n) is 2.37. The molecular formula is C19H15F3N2O4. The number of benzene rings is 2. The predicted octanol–water partition coefficient (Wildman–Crippen LogP) is 4.18. The monoisotopic (exact) mass is 392 g/mol. The molecule has 0 atom stereocenters. The number of carbonyl (C=O) groups is 1. The van der Waals surface area contributed by atoms with Crippen molar-refractivity contribution in [2.24, 2.45) is 0 Å². The molecule has 146 valence electrons. The smallest absolute Gasteiger partial charge is 0.497 e. The molecule has 3 aromatic rings. The van der Waals surface area contributed by atoms with Gasteiger partial charge in [0.2, 0.25) is 0 Å². The lowest BCUT2D eigenvalue weighted by atomic mass is 10.1. The van der Waals surface area contributed by atoms with Crippen LogP contribution < -0.4 is 14.8 Å². The number of methoxy groups -OCH3 is 1. The maximum atomic E-state index is 12.1. The van der Waals surface area contributed by atoms with E-state index in [1.54, 1.807) is 25.3 Å². The largest absolute Gasteiger partial charge is 0.573 e. The molecule has 0 aliphatic carbocycles. The fourth-order valence-corrected chi connectivity index (χ4v) is 2.37. The summed E-state index contributed by atoms with van der Waals surface area (Å²) in [5, 5.41) is 6.56. The molecule has 3 rings (SSSR count). The van der Waals surface area contributed by atoms with Crippen LogP contribution in [0.5, 0.6) is 11.5 Å². The van der Waals surface area contributed by atoms with Gasteiger partial charge in [0.25, 0.3) is 5.91 Å². The molecule has 0 fully saturated rings. The van der Waals surface area contributed by atoms with E-state index in [-0.39, 0.29) is 12.1 Å². The van der Waals surface area contributed by atoms with Crippen LogP contribution in [0, 0.1) is 0 Å². The van der Waals surface area contributed by atoms with Crippen LogP contribution in [0.2, 0.25) is 0 Å². The average Bonchev–Trinajstić information content (AvgIpc) is 3.14. The molecule has 0 radical (unpaired) electrons. The first-order chi connectivity index (χ1) is 13.3. The lowest BCUT2D eigenvalue weighted by Crippen LogP contribution is -2.22. The SMILES string of the molecule is COc1ccc(-c2cc(CNC(=O)c3ccc(OC(F)(F)F)cc3)on2)cc1. The number of ether oxygens (including phenoxy) is 2. The minimum atomic E-state index is -4.78. The number of rotatable bonds is 6. The molecule has 0 aliphatic heterocycles. The number of nitrogens with one attached hydrogen (secondary N) is 1.